The Hall–Kier alpha value is -8.30. The largest absolute Gasteiger partial charge is 0.370 e. The third-order valence-corrected chi connectivity index (χ3v) is 13.3. The number of nitrogens with two attached hydrogens (primary N) is 3. The minimum Gasteiger partial charge on any atom is -0.370 e. The van der Waals surface area contributed by atoms with Gasteiger partial charge in [-0.1, -0.05) is 48.5 Å². The molecule has 3 aromatic rings. The maximum atomic E-state index is 14.6. The number of amides is 9. The Balaban J connectivity index is 1.80. The molecule has 2 aromatic carbocycles. The molecule has 1 aliphatic rings. The summed E-state index contributed by atoms with van der Waals surface area (Å²) in [6.07, 6.45) is 1.56. The van der Waals surface area contributed by atoms with Crippen LogP contribution in [-0.2, 0) is 65.8 Å². The first-order chi connectivity index (χ1) is 36.5. The van der Waals surface area contributed by atoms with Gasteiger partial charge in [0, 0.05) is 62.8 Å². The van der Waals surface area contributed by atoms with Crippen molar-refractivity contribution in [2.45, 2.75) is 120 Å². The second-order valence-corrected chi connectivity index (χ2v) is 21.0. The Morgan fingerprint density at radius 1 is 0.714 bits per heavy atom. The first-order valence-corrected chi connectivity index (χ1v) is 27.1. The number of H-pyrrole nitrogens is 1. The van der Waals surface area contributed by atoms with Gasteiger partial charge >= 0.3 is 0 Å². The van der Waals surface area contributed by atoms with Crippen molar-refractivity contribution in [3.63, 3.8) is 0 Å². The fourth-order valence-corrected chi connectivity index (χ4v) is 8.98. The molecule has 2 heterocycles. The third kappa shape index (κ3) is 21.8. The van der Waals surface area contributed by atoms with Gasteiger partial charge in [0.05, 0.1) is 12.2 Å². The summed E-state index contributed by atoms with van der Waals surface area (Å²) < 4.78 is 25.1. The number of para-hydroxylation sites is 1. The van der Waals surface area contributed by atoms with Gasteiger partial charge in [-0.3, -0.25) is 54.0 Å². The zero-order valence-corrected chi connectivity index (χ0v) is 43.9. The lowest BCUT2D eigenvalue weighted by atomic mass is 10.0. The van der Waals surface area contributed by atoms with Crippen LogP contribution < -0.4 is 70.4 Å². The van der Waals surface area contributed by atoms with E-state index in [1.807, 2.05) is 18.2 Å². The Labute approximate surface area is 445 Å². The summed E-state index contributed by atoms with van der Waals surface area (Å²) in [6, 6.07) is 5.26. The molecule has 1 fully saturated rings. The van der Waals surface area contributed by atoms with Crippen LogP contribution in [0.1, 0.15) is 75.8 Å². The van der Waals surface area contributed by atoms with Crippen molar-refractivity contribution < 1.29 is 51.6 Å². The molecule has 0 saturated carbocycles. The quantitative estimate of drug-likeness (QED) is 0.0315. The highest BCUT2D eigenvalue weighted by Gasteiger charge is 2.35. The van der Waals surface area contributed by atoms with Crippen LogP contribution in [0, 0.1) is 10.8 Å². The number of hydrogen-bond acceptors (Lipinski definition) is 13. The number of hydrogen-bond donors (Lipinski definition) is 16. The topological polar surface area (TPSA) is 450 Å². The van der Waals surface area contributed by atoms with Gasteiger partial charge in [0.25, 0.3) is 0 Å². The fraction of sp³-hybridized carbons (Fsp3) is 0.490. The SMILES string of the molecule is CC(=O)N[C@@H](CCCNC(=N)N)C(=O)N[C@H]1CC(=O)NCCCCC(C(N)=O)NC(=O)[C@H](Cc2c[nH]c3ccccc23)NC(=O)[C@H](CCCNC(=N)N)NC(=O)[C@@H](Cc2ccccc2)NC(=O)[C@H](CCS(C)(=O)=O)NC1=O. The minimum absolute atomic E-state index is 0.0151. The maximum Gasteiger partial charge on any atom is 0.243 e. The van der Waals surface area contributed by atoms with Crippen LogP contribution in [0.3, 0.4) is 0 Å². The summed E-state index contributed by atoms with van der Waals surface area (Å²) in [5, 5.41) is 41.7. The summed E-state index contributed by atoms with van der Waals surface area (Å²) in [4.78, 5) is 128. The van der Waals surface area contributed by atoms with E-state index in [4.69, 9.17) is 28.0 Å². The van der Waals surface area contributed by atoms with Crippen molar-refractivity contribution in [2.75, 3.05) is 31.6 Å². The number of sulfone groups is 1. The monoisotopic (exact) mass is 1090 g/mol. The van der Waals surface area contributed by atoms with Crippen LogP contribution in [0.15, 0.2) is 60.8 Å². The molecule has 0 bridgehead atoms. The fourth-order valence-electron chi connectivity index (χ4n) is 8.32. The van der Waals surface area contributed by atoms with E-state index in [9.17, 15) is 51.6 Å². The summed E-state index contributed by atoms with van der Waals surface area (Å²) in [5.74, 6) is -9.31. The molecule has 77 heavy (non-hydrogen) atoms. The Kier molecular flexibility index (Phi) is 24.1. The molecule has 0 aliphatic carbocycles. The number of carbonyl (C=O) groups is 9. The number of carbonyl (C=O) groups excluding carboxylic acids is 9. The number of aromatic amines is 1. The Morgan fingerprint density at radius 2 is 1.29 bits per heavy atom. The lowest BCUT2D eigenvalue weighted by Gasteiger charge is -2.28. The second-order valence-electron chi connectivity index (χ2n) is 18.7. The average molecular weight is 1090 g/mol. The predicted octanol–water partition coefficient (Wildman–Crippen LogP) is -3.50. The Morgan fingerprint density at radius 3 is 1.92 bits per heavy atom. The van der Waals surface area contributed by atoms with Crippen LogP contribution in [-0.4, -0.2) is 152 Å². The van der Waals surface area contributed by atoms with E-state index in [-0.39, 0.29) is 89.3 Å². The molecule has 28 heteroatoms. The van der Waals surface area contributed by atoms with Crippen molar-refractivity contribution in [3.05, 3.63) is 71.9 Å². The van der Waals surface area contributed by atoms with Crippen LogP contribution in [0.25, 0.3) is 10.9 Å². The summed E-state index contributed by atoms with van der Waals surface area (Å²) in [7, 11) is -3.82. The molecule has 0 radical (unpaired) electrons. The van der Waals surface area contributed by atoms with Crippen molar-refractivity contribution in [2.24, 2.45) is 17.2 Å². The highest BCUT2D eigenvalue weighted by atomic mass is 32.2. The third-order valence-electron chi connectivity index (χ3n) is 12.3. The molecule has 9 amide bonds. The normalized spacial score (nSPS) is 21.1. The number of fused-ring (bicyclic) bond motifs is 1. The van der Waals surface area contributed by atoms with Gasteiger partial charge in [0.2, 0.25) is 53.2 Å². The lowest BCUT2D eigenvalue weighted by Crippen LogP contribution is -2.61. The number of rotatable bonds is 19. The van der Waals surface area contributed by atoms with E-state index in [0.29, 0.717) is 11.1 Å². The molecular formula is C49H72N16O11S. The second kappa shape index (κ2) is 30.3. The smallest absolute Gasteiger partial charge is 0.243 e. The summed E-state index contributed by atoms with van der Waals surface area (Å²) in [6.45, 7) is 1.33. The first kappa shape index (κ1) is 61.2. The highest BCUT2D eigenvalue weighted by molar-refractivity contribution is 7.90. The molecule has 19 N–H and O–H groups in total. The van der Waals surface area contributed by atoms with Gasteiger partial charge in [0.1, 0.15) is 52.1 Å². The highest BCUT2D eigenvalue weighted by Crippen LogP contribution is 2.20. The van der Waals surface area contributed by atoms with E-state index in [1.165, 1.54) is 0 Å². The average Bonchev–Trinajstić information content (AvgIpc) is 3.77. The molecule has 4 rings (SSSR count). The van der Waals surface area contributed by atoms with Gasteiger partial charge in [-0.25, -0.2) is 8.42 Å². The zero-order valence-electron chi connectivity index (χ0n) is 43.1. The molecule has 1 saturated heterocycles. The van der Waals surface area contributed by atoms with E-state index >= 15 is 0 Å². The molecule has 1 aliphatic heterocycles. The van der Waals surface area contributed by atoms with Crippen molar-refractivity contribution in [3.8, 4) is 0 Å². The van der Waals surface area contributed by atoms with Gasteiger partial charge in [0.15, 0.2) is 11.9 Å². The molecule has 7 atom stereocenters. The summed E-state index contributed by atoms with van der Waals surface area (Å²) in [5.41, 5.74) is 18.5. The number of benzene rings is 2. The minimum atomic E-state index is -3.82. The van der Waals surface area contributed by atoms with Crippen molar-refractivity contribution in [1.29, 1.82) is 10.8 Å². The molecule has 1 aromatic heterocycles. The molecule has 1 unspecified atom stereocenters. The van der Waals surface area contributed by atoms with E-state index in [1.54, 1.807) is 42.6 Å². The first-order valence-electron chi connectivity index (χ1n) is 25.1. The van der Waals surface area contributed by atoms with Crippen molar-refractivity contribution in [1.82, 2.24) is 58.2 Å². The predicted molar refractivity (Wildman–Crippen MR) is 285 cm³/mol. The Bertz CT molecular complexity index is 2700. The van der Waals surface area contributed by atoms with Crippen LogP contribution in [0.2, 0.25) is 0 Å². The van der Waals surface area contributed by atoms with Gasteiger partial charge in [-0.05, 0) is 68.6 Å². The van der Waals surface area contributed by atoms with Gasteiger partial charge < -0.3 is 75.4 Å². The number of aromatic nitrogens is 1. The van der Waals surface area contributed by atoms with Gasteiger partial charge in [-0.15, -0.1) is 0 Å². The molecule has 0 spiro atoms. The van der Waals surface area contributed by atoms with Gasteiger partial charge in [-0.2, -0.15) is 0 Å². The molecule has 420 valence electrons. The maximum absolute atomic E-state index is 14.6. The van der Waals surface area contributed by atoms with Crippen LogP contribution in [0.4, 0.5) is 0 Å². The van der Waals surface area contributed by atoms with E-state index in [2.05, 4.69) is 58.2 Å². The number of guanidine groups is 2. The zero-order chi connectivity index (χ0) is 56.7. The molecule has 27 nitrogen and oxygen atoms in total. The van der Waals surface area contributed by atoms with Crippen molar-refractivity contribution >= 4 is 85.8 Å². The number of primary amides is 1. The standard InChI is InChI=1S/C49H72N16O11S/c1-28(66)59-34(17-10-21-56-48(51)52)42(69)65-39-26-40(67)55-20-9-8-16-33(41(50)68)60-46(73)38(25-30-27-58-32-15-7-6-14-31(30)32)64-43(70)35(18-11-22-57-49(53)54)61-45(72)37(24-29-12-4-3-5-13-29)63-44(71)36(62-47(39)74)19-23-77(2,75)76/h3-7,12-15,27,33-39,58H,8-11,16-26H2,1-2H3,(H2,50,68)(H,55,67)(H,59,66)(H,60,73)(H,61,72)(H,62,74)(H,63,71)(H,64,70)(H,65,69)(H4,51,52,56)(H4,53,54,57)/t33?,34-,35-,36-,37+,38-,39-/m0/s1. The van der Waals surface area contributed by atoms with E-state index in [0.717, 1.165) is 24.1 Å². The molecular weight excluding hydrogens is 1020 g/mol. The van der Waals surface area contributed by atoms with Crippen LogP contribution in [0.5, 0.6) is 0 Å². The van der Waals surface area contributed by atoms with E-state index < -0.39 is 124 Å². The summed E-state index contributed by atoms with van der Waals surface area (Å²) >= 11 is 0. The van der Waals surface area contributed by atoms with Crippen LogP contribution >= 0.6 is 0 Å². The lowest BCUT2D eigenvalue weighted by molar-refractivity contribution is -0.136. The number of nitrogens with one attached hydrogen (secondary N) is 13.